The third-order valence-corrected chi connectivity index (χ3v) is 7.40. The predicted octanol–water partition coefficient (Wildman–Crippen LogP) is 3.71. The van der Waals surface area contributed by atoms with Gasteiger partial charge in [-0.2, -0.15) is 13.3 Å². The van der Waals surface area contributed by atoms with Crippen LogP contribution in [0.2, 0.25) is 0 Å². The highest BCUT2D eigenvalue weighted by Gasteiger charge is 2.23. The number of fused-ring (bicyclic) bond motifs is 1. The zero-order chi connectivity index (χ0) is 27.3. The first-order valence-corrected chi connectivity index (χ1v) is 13.5. The quantitative estimate of drug-likeness (QED) is 0.209. The lowest BCUT2D eigenvalue weighted by molar-refractivity contribution is -0.0498. The van der Waals surface area contributed by atoms with Gasteiger partial charge in [0.15, 0.2) is 23.0 Å². The summed E-state index contributed by atoms with van der Waals surface area (Å²) in [6.45, 7) is -0.946. The van der Waals surface area contributed by atoms with Gasteiger partial charge in [0.05, 0.1) is 18.4 Å². The zero-order valence-electron chi connectivity index (χ0n) is 20.4. The van der Waals surface area contributed by atoms with Gasteiger partial charge in [-0.15, -0.1) is 0 Å². The summed E-state index contributed by atoms with van der Waals surface area (Å²) in [7, 11) is -3.05. The highest BCUT2D eigenvalue weighted by atomic mass is 32.3. The number of nitrogens with zero attached hydrogens (tertiary/aromatic N) is 3. The van der Waals surface area contributed by atoms with E-state index in [0.29, 0.717) is 28.3 Å². The number of nitrogens with one attached hydrogen (secondary N) is 2. The molecule has 0 saturated heterocycles. The molecule has 200 valence electrons. The van der Waals surface area contributed by atoms with Gasteiger partial charge in [0.2, 0.25) is 10.2 Å². The highest BCUT2D eigenvalue weighted by molar-refractivity contribution is 7.97. The average Bonchev–Trinajstić information content (AvgIpc) is 3.29. The summed E-state index contributed by atoms with van der Waals surface area (Å²) in [6.07, 6.45) is 5.00. The fraction of sp³-hybridized carbons (Fsp3) is 0.240. The number of halogens is 2. The van der Waals surface area contributed by atoms with Crippen molar-refractivity contribution in [2.24, 2.45) is 5.73 Å². The van der Waals surface area contributed by atoms with Crippen LogP contribution < -0.4 is 21.1 Å². The maximum absolute atomic E-state index is 12.6. The van der Waals surface area contributed by atoms with Crippen LogP contribution in [-0.2, 0) is 14.4 Å². The maximum Gasteiger partial charge on any atom is 0.387 e. The van der Waals surface area contributed by atoms with E-state index in [1.54, 1.807) is 55.8 Å². The molecule has 0 aliphatic rings. The smallest absolute Gasteiger partial charge is 0.387 e. The van der Waals surface area contributed by atoms with Crippen LogP contribution in [-0.4, -0.2) is 56.0 Å². The number of hydrogen-bond donors (Lipinski definition) is 4. The van der Waals surface area contributed by atoms with E-state index in [1.807, 2.05) is 4.40 Å². The van der Waals surface area contributed by atoms with E-state index in [0.717, 1.165) is 11.3 Å². The lowest BCUT2D eigenvalue weighted by atomic mass is 10.1. The summed E-state index contributed by atoms with van der Waals surface area (Å²) < 4.78 is 52.7. The first-order valence-electron chi connectivity index (χ1n) is 11.6. The minimum atomic E-state index is -3.05. The molecule has 0 aliphatic heterocycles. The van der Waals surface area contributed by atoms with Crippen LogP contribution in [0.4, 0.5) is 20.3 Å². The lowest BCUT2D eigenvalue weighted by Crippen LogP contribution is -2.34. The first kappa shape index (κ1) is 27.1. The Hall–Kier alpha value is -3.94. The molecule has 0 bridgehead atoms. The number of aryl methyl sites for hydroxylation is 1. The molecule has 1 atom stereocenters. The zero-order valence-corrected chi connectivity index (χ0v) is 21.3. The molecule has 10 nitrogen and oxygen atoms in total. The number of carbonyl (C=O) groups is 1. The minimum absolute atomic E-state index is 0.0103. The molecular formula is C25H27F2N6O4S+. The maximum atomic E-state index is 12.6. The Morgan fingerprint density at radius 1 is 1.18 bits per heavy atom. The number of hydrogen-bond acceptors (Lipinski definition) is 7. The van der Waals surface area contributed by atoms with Crippen LogP contribution in [0.1, 0.15) is 15.9 Å². The molecule has 4 aromatic rings. The Balaban J connectivity index is 1.47. The van der Waals surface area contributed by atoms with Crippen molar-refractivity contribution in [3.05, 3.63) is 72.2 Å². The van der Waals surface area contributed by atoms with Gasteiger partial charge in [0.25, 0.3) is 5.91 Å². The minimum Gasteiger partial charge on any atom is -0.435 e. The Morgan fingerprint density at radius 3 is 2.63 bits per heavy atom. The molecule has 13 heteroatoms. The summed E-state index contributed by atoms with van der Waals surface area (Å²) in [4.78, 5) is 21.4. The molecular weight excluding hydrogens is 518 g/mol. The second-order valence-electron chi connectivity index (χ2n) is 8.40. The summed E-state index contributed by atoms with van der Waals surface area (Å²) >= 11 is 0. The Kier molecular flexibility index (Phi) is 8.29. The molecule has 0 aliphatic carbocycles. The van der Waals surface area contributed by atoms with Gasteiger partial charge in [0.1, 0.15) is 5.75 Å². The Bertz CT molecular complexity index is 1480. The van der Waals surface area contributed by atoms with Gasteiger partial charge < -0.3 is 21.1 Å². The van der Waals surface area contributed by atoms with Gasteiger partial charge in [-0.3, -0.25) is 9.20 Å². The third-order valence-electron chi connectivity index (χ3n) is 5.68. The van der Waals surface area contributed by atoms with Crippen LogP contribution >= 0.6 is 0 Å². The van der Waals surface area contributed by atoms with Crippen LogP contribution in [0.3, 0.4) is 0 Å². The second-order valence-corrected chi connectivity index (χ2v) is 10.8. The van der Waals surface area contributed by atoms with Crippen molar-refractivity contribution in [1.29, 1.82) is 0 Å². The SMILES string of the molecule is Cc1cc(Nc2nccn3c(-c4ccc(OC(F)F)cc4)cnc23)ccc1C(=O)NCC[S+](=O)(O)CCN. The molecule has 1 amide bonds. The largest absolute Gasteiger partial charge is 0.435 e. The summed E-state index contributed by atoms with van der Waals surface area (Å²) in [5.41, 5.74) is 9.17. The molecule has 38 heavy (non-hydrogen) atoms. The van der Waals surface area contributed by atoms with Crippen molar-refractivity contribution < 1.29 is 27.1 Å². The Labute approximate surface area is 218 Å². The summed E-state index contributed by atoms with van der Waals surface area (Å²) in [5, 5.41) is 5.88. The molecule has 0 spiro atoms. The van der Waals surface area contributed by atoms with E-state index in [-0.39, 0.29) is 36.3 Å². The van der Waals surface area contributed by atoms with Gasteiger partial charge in [-0.1, -0.05) is 4.21 Å². The fourth-order valence-electron chi connectivity index (χ4n) is 3.87. The molecule has 5 N–H and O–H groups in total. The Morgan fingerprint density at radius 2 is 1.95 bits per heavy atom. The average molecular weight is 546 g/mol. The fourth-order valence-corrected chi connectivity index (χ4v) is 4.86. The second kappa shape index (κ2) is 11.6. The van der Waals surface area contributed by atoms with E-state index < -0.39 is 16.8 Å². The molecule has 0 fully saturated rings. The molecule has 2 aromatic heterocycles. The van der Waals surface area contributed by atoms with E-state index in [4.69, 9.17) is 5.73 Å². The summed E-state index contributed by atoms with van der Waals surface area (Å²) in [5.74, 6) is 0.118. The number of ether oxygens (including phenoxy) is 1. The van der Waals surface area contributed by atoms with Crippen molar-refractivity contribution >= 4 is 33.3 Å². The predicted molar refractivity (Wildman–Crippen MR) is 141 cm³/mol. The van der Waals surface area contributed by atoms with Crippen molar-refractivity contribution in [1.82, 2.24) is 19.7 Å². The number of alkyl halides is 2. The molecule has 4 rings (SSSR count). The van der Waals surface area contributed by atoms with Crippen LogP contribution in [0.15, 0.2) is 61.1 Å². The van der Waals surface area contributed by atoms with Gasteiger partial charge in [-0.25, -0.2) is 9.97 Å². The first-order chi connectivity index (χ1) is 18.2. The highest BCUT2D eigenvalue weighted by Crippen LogP contribution is 2.27. The van der Waals surface area contributed by atoms with E-state index in [9.17, 15) is 22.3 Å². The number of carbonyl (C=O) groups excluding carboxylic acids is 1. The van der Waals surface area contributed by atoms with Gasteiger partial charge >= 0.3 is 6.61 Å². The number of benzene rings is 2. The number of aromatic nitrogens is 3. The lowest BCUT2D eigenvalue weighted by Gasteiger charge is -2.12. The number of imidazole rings is 1. The van der Waals surface area contributed by atoms with E-state index in [2.05, 4.69) is 25.3 Å². The molecule has 1 unspecified atom stereocenters. The molecule has 0 radical (unpaired) electrons. The van der Waals surface area contributed by atoms with Crippen LogP contribution in [0.25, 0.3) is 16.9 Å². The van der Waals surface area contributed by atoms with Gasteiger partial charge in [-0.05, 0) is 55.0 Å². The van der Waals surface area contributed by atoms with Crippen LogP contribution in [0.5, 0.6) is 5.75 Å². The molecule has 2 aromatic carbocycles. The number of nitrogens with two attached hydrogens (primary N) is 1. The molecule has 0 saturated carbocycles. The number of anilines is 2. The van der Waals surface area contributed by atoms with Gasteiger partial charge in [0, 0.05) is 35.8 Å². The van der Waals surface area contributed by atoms with E-state index in [1.165, 1.54) is 12.1 Å². The standard InChI is InChI=1S/C25H26F2N6O4S/c1-16-14-18(4-7-20(16)24(34)30-10-13-38(35,36)12-8-28)32-22-23-31-15-21(33(23)11-9-29-22)17-2-5-19(6-3-17)37-25(26)27/h2-7,9,11,14-15,25H,8,10,12-13,28H2,1H3,(H2-,29,30,32,34,35,36)/p+1. The normalized spacial score (nSPS) is 12.9. The molecule has 2 heterocycles. The monoisotopic (exact) mass is 545 g/mol. The van der Waals surface area contributed by atoms with Crippen molar-refractivity contribution in [3.63, 3.8) is 0 Å². The van der Waals surface area contributed by atoms with Crippen molar-refractivity contribution in [2.75, 3.05) is 29.9 Å². The van der Waals surface area contributed by atoms with Crippen molar-refractivity contribution in [3.8, 4) is 17.0 Å². The van der Waals surface area contributed by atoms with Crippen molar-refractivity contribution in [2.45, 2.75) is 13.5 Å². The number of amides is 1. The van der Waals surface area contributed by atoms with Crippen LogP contribution in [0, 0.1) is 6.92 Å². The topological polar surface area (TPSA) is 144 Å². The van der Waals surface area contributed by atoms with E-state index >= 15 is 0 Å². The number of rotatable bonds is 11. The third kappa shape index (κ3) is 6.49. The summed E-state index contributed by atoms with van der Waals surface area (Å²) in [6, 6.07) is 11.4.